The van der Waals surface area contributed by atoms with Crippen molar-refractivity contribution in [2.45, 2.75) is 19.4 Å². The lowest BCUT2D eigenvalue weighted by Gasteiger charge is -2.15. The molecule has 24 heavy (non-hydrogen) atoms. The number of fused-ring (bicyclic) bond motifs is 1. The third-order valence-corrected chi connectivity index (χ3v) is 4.18. The van der Waals surface area contributed by atoms with Gasteiger partial charge in [-0.3, -0.25) is 4.79 Å². The second kappa shape index (κ2) is 5.56. The van der Waals surface area contributed by atoms with Crippen LogP contribution in [0, 0.1) is 0 Å². The Morgan fingerprint density at radius 2 is 2.00 bits per heavy atom. The first-order valence-electron chi connectivity index (χ1n) is 7.76. The number of carbonyl (C=O) groups excluding carboxylic acids is 2. The molecule has 0 spiro atoms. The van der Waals surface area contributed by atoms with Gasteiger partial charge >= 0.3 is 6.03 Å². The van der Waals surface area contributed by atoms with Crippen LogP contribution in [-0.4, -0.2) is 24.6 Å². The van der Waals surface area contributed by atoms with Crippen molar-refractivity contribution >= 4 is 17.6 Å². The number of amides is 3. The van der Waals surface area contributed by atoms with Crippen molar-refractivity contribution in [1.29, 1.82) is 0 Å². The van der Waals surface area contributed by atoms with Gasteiger partial charge in [0.15, 0.2) is 0 Å². The van der Waals surface area contributed by atoms with Crippen LogP contribution in [0.1, 0.15) is 13.3 Å². The zero-order valence-electron chi connectivity index (χ0n) is 13.1. The molecule has 1 atom stereocenters. The van der Waals surface area contributed by atoms with E-state index in [2.05, 4.69) is 5.32 Å². The summed E-state index contributed by atoms with van der Waals surface area (Å²) >= 11 is 0. The molecule has 3 amide bonds. The summed E-state index contributed by atoms with van der Waals surface area (Å²) in [5.41, 5.74) is 2.85. The molecule has 2 heterocycles. The lowest BCUT2D eigenvalue weighted by atomic mass is 10.0. The predicted molar refractivity (Wildman–Crippen MR) is 87.4 cm³/mol. The van der Waals surface area contributed by atoms with Crippen LogP contribution in [-0.2, 0) is 9.53 Å². The number of imide groups is 1. The minimum Gasteiger partial charge on any atom is -0.496 e. The Balaban J connectivity index is 1.49. The molecule has 0 unspecified atom stereocenters. The summed E-state index contributed by atoms with van der Waals surface area (Å²) in [5.74, 6) is 1.16. The van der Waals surface area contributed by atoms with Crippen molar-refractivity contribution in [2.24, 2.45) is 0 Å². The van der Waals surface area contributed by atoms with Crippen LogP contribution in [0.25, 0.3) is 0 Å². The van der Waals surface area contributed by atoms with Crippen molar-refractivity contribution in [1.82, 2.24) is 5.32 Å². The molecule has 6 nitrogen and oxygen atoms in total. The van der Waals surface area contributed by atoms with E-state index in [1.807, 2.05) is 12.2 Å². The SMILES string of the molecule is C[C@H]1NC(=O)N(c2ccc(OC3=CCC4=COCC4=C3)cc2)C1=O. The van der Waals surface area contributed by atoms with Gasteiger partial charge in [-0.2, -0.15) is 0 Å². The van der Waals surface area contributed by atoms with Crippen LogP contribution in [0.4, 0.5) is 10.5 Å². The van der Waals surface area contributed by atoms with E-state index in [0.717, 1.165) is 22.7 Å². The number of allylic oxidation sites excluding steroid dienone is 2. The zero-order chi connectivity index (χ0) is 16.7. The fraction of sp³-hybridized carbons (Fsp3) is 0.222. The largest absolute Gasteiger partial charge is 0.496 e. The fourth-order valence-corrected chi connectivity index (χ4v) is 2.88. The number of nitrogens with zero attached hydrogens (tertiary/aromatic N) is 1. The molecule has 3 aliphatic rings. The molecule has 0 bridgehead atoms. The molecule has 1 saturated heterocycles. The molecule has 122 valence electrons. The maximum atomic E-state index is 12.0. The smallest absolute Gasteiger partial charge is 0.329 e. The van der Waals surface area contributed by atoms with Gasteiger partial charge in [-0.05, 0) is 60.9 Å². The lowest BCUT2D eigenvalue weighted by molar-refractivity contribution is -0.117. The van der Waals surface area contributed by atoms with E-state index in [-0.39, 0.29) is 5.91 Å². The maximum Gasteiger partial charge on any atom is 0.329 e. The van der Waals surface area contributed by atoms with Gasteiger partial charge in [0.25, 0.3) is 5.91 Å². The number of anilines is 1. The van der Waals surface area contributed by atoms with Crippen molar-refractivity contribution in [3.8, 4) is 5.75 Å². The molecule has 2 aliphatic heterocycles. The molecule has 4 rings (SSSR count). The average molecular weight is 324 g/mol. The van der Waals surface area contributed by atoms with Crippen molar-refractivity contribution in [2.75, 3.05) is 11.5 Å². The third kappa shape index (κ3) is 2.46. The van der Waals surface area contributed by atoms with Gasteiger partial charge in [0, 0.05) is 0 Å². The van der Waals surface area contributed by atoms with Gasteiger partial charge in [-0.15, -0.1) is 0 Å². The molecule has 6 heteroatoms. The highest BCUT2D eigenvalue weighted by atomic mass is 16.5. The first-order chi connectivity index (χ1) is 11.6. The van der Waals surface area contributed by atoms with Crippen LogP contribution in [0.2, 0.25) is 0 Å². The summed E-state index contributed by atoms with van der Waals surface area (Å²) < 4.78 is 11.2. The molecular weight excluding hydrogens is 308 g/mol. The summed E-state index contributed by atoms with van der Waals surface area (Å²) in [5, 5.41) is 2.59. The molecule has 0 aromatic heterocycles. The maximum absolute atomic E-state index is 12.0. The normalized spacial score (nSPS) is 22.3. The van der Waals surface area contributed by atoms with E-state index in [1.165, 1.54) is 5.57 Å². The third-order valence-electron chi connectivity index (χ3n) is 4.18. The van der Waals surface area contributed by atoms with Crippen LogP contribution in [0.15, 0.2) is 59.6 Å². The predicted octanol–water partition coefficient (Wildman–Crippen LogP) is 2.64. The summed E-state index contributed by atoms with van der Waals surface area (Å²) in [4.78, 5) is 25.0. The number of hydrogen-bond donors (Lipinski definition) is 1. The summed E-state index contributed by atoms with van der Waals surface area (Å²) in [6, 6.07) is 5.99. The Morgan fingerprint density at radius 1 is 1.21 bits per heavy atom. The standard InChI is InChI=1S/C18H16N2O4/c1-11-17(21)20(18(22)19-11)14-3-6-15(7-4-14)24-16-5-2-12-9-23-10-13(12)8-16/h3-9,11H,2,10H2,1H3,(H,19,22)/t11-/m1/s1. The highest BCUT2D eigenvalue weighted by Crippen LogP contribution is 2.30. The molecule has 0 radical (unpaired) electrons. The topological polar surface area (TPSA) is 67.9 Å². The minimum absolute atomic E-state index is 0.256. The first kappa shape index (κ1) is 14.6. The Morgan fingerprint density at radius 3 is 2.71 bits per heavy atom. The second-order valence-corrected chi connectivity index (χ2v) is 5.88. The molecule has 1 N–H and O–H groups in total. The lowest BCUT2D eigenvalue weighted by Crippen LogP contribution is -2.30. The van der Waals surface area contributed by atoms with Gasteiger partial charge in [0.1, 0.15) is 24.2 Å². The minimum atomic E-state index is -0.497. The second-order valence-electron chi connectivity index (χ2n) is 5.88. The van der Waals surface area contributed by atoms with Crippen molar-refractivity contribution in [3.05, 3.63) is 59.6 Å². The highest BCUT2D eigenvalue weighted by Gasteiger charge is 2.36. The van der Waals surface area contributed by atoms with Crippen LogP contribution in [0.5, 0.6) is 5.75 Å². The van der Waals surface area contributed by atoms with Gasteiger partial charge < -0.3 is 14.8 Å². The number of ether oxygens (including phenoxy) is 2. The van der Waals surface area contributed by atoms with E-state index in [9.17, 15) is 9.59 Å². The number of benzene rings is 1. The van der Waals surface area contributed by atoms with E-state index >= 15 is 0 Å². The Labute approximate surface area is 139 Å². The zero-order valence-corrected chi connectivity index (χ0v) is 13.1. The summed E-state index contributed by atoms with van der Waals surface area (Å²) in [6.45, 7) is 2.25. The van der Waals surface area contributed by atoms with E-state index in [1.54, 1.807) is 37.5 Å². The quantitative estimate of drug-likeness (QED) is 0.868. The molecule has 0 saturated carbocycles. The Hall–Kier alpha value is -3.02. The molecular formula is C18H16N2O4. The molecule has 1 aromatic carbocycles. The van der Waals surface area contributed by atoms with Crippen LogP contribution >= 0.6 is 0 Å². The van der Waals surface area contributed by atoms with Crippen molar-refractivity contribution < 1.29 is 19.1 Å². The number of carbonyl (C=O) groups is 2. The van der Waals surface area contributed by atoms with Gasteiger partial charge in [-0.25, -0.2) is 9.69 Å². The van der Waals surface area contributed by atoms with Gasteiger partial charge in [0.05, 0.1) is 11.9 Å². The van der Waals surface area contributed by atoms with Gasteiger partial charge in [-0.1, -0.05) is 0 Å². The summed E-state index contributed by atoms with van der Waals surface area (Å²) in [7, 11) is 0. The monoisotopic (exact) mass is 324 g/mol. The molecule has 1 aliphatic carbocycles. The van der Waals surface area contributed by atoms with Crippen LogP contribution < -0.4 is 15.0 Å². The summed E-state index contributed by atoms with van der Waals surface area (Å²) in [6.07, 6.45) is 6.54. The molecule has 1 aromatic rings. The fourth-order valence-electron chi connectivity index (χ4n) is 2.88. The number of urea groups is 1. The van der Waals surface area contributed by atoms with Gasteiger partial charge in [0.2, 0.25) is 0 Å². The Kier molecular flexibility index (Phi) is 3.37. The number of nitrogens with one attached hydrogen (secondary N) is 1. The van der Waals surface area contributed by atoms with E-state index in [4.69, 9.17) is 9.47 Å². The average Bonchev–Trinajstić information content (AvgIpc) is 3.13. The highest BCUT2D eigenvalue weighted by molar-refractivity contribution is 6.21. The number of hydrogen-bond acceptors (Lipinski definition) is 4. The number of rotatable bonds is 3. The molecule has 1 fully saturated rings. The van der Waals surface area contributed by atoms with Crippen LogP contribution in [0.3, 0.4) is 0 Å². The van der Waals surface area contributed by atoms with E-state index in [0.29, 0.717) is 18.0 Å². The van der Waals surface area contributed by atoms with E-state index < -0.39 is 12.1 Å². The first-order valence-corrected chi connectivity index (χ1v) is 7.76. The Bertz CT molecular complexity index is 805. The van der Waals surface area contributed by atoms with Crippen molar-refractivity contribution in [3.63, 3.8) is 0 Å².